The molecule has 2 rings (SSSR count). The van der Waals surface area contributed by atoms with Gasteiger partial charge in [0.05, 0.1) is 5.54 Å². The third-order valence-corrected chi connectivity index (χ3v) is 2.42. The van der Waals surface area contributed by atoms with Crippen molar-refractivity contribution in [3.8, 4) is 6.07 Å². The fraction of sp³-hybridized carbons (Fsp3) is 0.333. The number of nitriles is 1. The molecule has 1 heterocycles. The van der Waals surface area contributed by atoms with E-state index in [1.165, 1.54) is 5.56 Å². The fourth-order valence-electron chi connectivity index (χ4n) is 1.86. The van der Waals surface area contributed by atoms with Crippen molar-refractivity contribution in [2.45, 2.75) is 25.8 Å². The summed E-state index contributed by atoms with van der Waals surface area (Å²) in [6.07, 6.45) is 0.911. The van der Waals surface area contributed by atoms with Crippen molar-refractivity contribution < 1.29 is 0 Å². The van der Waals surface area contributed by atoms with Crippen LogP contribution >= 0.6 is 0 Å². The molecule has 2 heteroatoms. The lowest BCUT2D eigenvalue weighted by Gasteiger charge is -2.26. The molecule has 0 saturated carbocycles. The van der Waals surface area contributed by atoms with Gasteiger partial charge >= 0.3 is 0 Å². The van der Waals surface area contributed by atoms with Crippen molar-refractivity contribution >= 4 is 5.71 Å². The molecule has 0 aliphatic carbocycles. The van der Waals surface area contributed by atoms with Gasteiger partial charge in [0.2, 0.25) is 0 Å². The van der Waals surface area contributed by atoms with E-state index < -0.39 is 0 Å². The maximum absolute atomic E-state index is 8.99. The molecule has 1 aliphatic rings. The van der Waals surface area contributed by atoms with Gasteiger partial charge in [-0.15, -0.1) is 0 Å². The molecule has 0 amide bonds. The third kappa shape index (κ3) is 1.42. The Balaban J connectivity index is 2.60. The van der Waals surface area contributed by atoms with Gasteiger partial charge in [-0.1, -0.05) is 24.3 Å². The quantitative estimate of drug-likeness (QED) is 0.609. The van der Waals surface area contributed by atoms with E-state index in [0.29, 0.717) is 5.71 Å². The first-order chi connectivity index (χ1) is 6.62. The molecule has 0 saturated heterocycles. The van der Waals surface area contributed by atoms with E-state index in [-0.39, 0.29) is 5.54 Å². The molecule has 0 bridgehead atoms. The smallest absolute Gasteiger partial charge is 0.143 e. The molecule has 0 aromatic heterocycles. The first kappa shape index (κ1) is 8.96. The Morgan fingerprint density at radius 1 is 1.36 bits per heavy atom. The number of fused-ring (bicyclic) bond motifs is 1. The second kappa shape index (κ2) is 2.95. The molecule has 14 heavy (non-hydrogen) atoms. The van der Waals surface area contributed by atoms with Gasteiger partial charge < -0.3 is 0 Å². The first-order valence-corrected chi connectivity index (χ1v) is 4.71. The molecule has 0 spiro atoms. The van der Waals surface area contributed by atoms with Crippen molar-refractivity contribution in [2.24, 2.45) is 4.99 Å². The van der Waals surface area contributed by atoms with Crippen LogP contribution in [0.15, 0.2) is 29.3 Å². The summed E-state index contributed by atoms with van der Waals surface area (Å²) in [4.78, 5) is 4.43. The lowest BCUT2D eigenvalue weighted by atomic mass is 9.87. The summed E-state index contributed by atoms with van der Waals surface area (Å²) in [5, 5.41) is 8.99. The number of nitrogens with zero attached hydrogens (tertiary/aromatic N) is 2. The molecule has 0 unspecified atom stereocenters. The highest BCUT2D eigenvalue weighted by molar-refractivity contribution is 6.13. The third-order valence-electron chi connectivity index (χ3n) is 2.42. The van der Waals surface area contributed by atoms with Crippen molar-refractivity contribution in [1.29, 1.82) is 5.26 Å². The molecule has 70 valence electrons. The van der Waals surface area contributed by atoms with Crippen LogP contribution < -0.4 is 0 Å². The molecule has 1 aliphatic heterocycles. The van der Waals surface area contributed by atoms with E-state index in [1.807, 2.05) is 18.2 Å². The second-order valence-corrected chi connectivity index (χ2v) is 4.22. The summed E-state index contributed by atoms with van der Waals surface area (Å²) in [5.74, 6) is 0. The predicted octanol–water partition coefficient (Wildman–Crippen LogP) is 2.33. The average molecular weight is 184 g/mol. The van der Waals surface area contributed by atoms with Crippen molar-refractivity contribution in [2.75, 3.05) is 0 Å². The van der Waals surface area contributed by atoms with Crippen molar-refractivity contribution in [3.05, 3.63) is 35.4 Å². The molecule has 1 aromatic carbocycles. The Labute approximate surface area is 83.9 Å². The normalized spacial score (nSPS) is 17.9. The Morgan fingerprint density at radius 2 is 2.07 bits per heavy atom. The van der Waals surface area contributed by atoms with E-state index in [9.17, 15) is 0 Å². The van der Waals surface area contributed by atoms with E-state index in [4.69, 9.17) is 5.26 Å². The van der Waals surface area contributed by atoms with Crippen LogP contribution in [-0.2, 0) is 6.42 Å². The Bertz CT molecular complexity index is 436. The van der Waals surface area contributed by atoms with Crippen LogP contribution in [0.3, 0.4) is 0 Å². The molecular weight excluding hydrogens is 172 g/mol. The summed E-state index contributed by atoms with van der Waals surface area (Å²) < 4.78 is 0. The maximum atomic E-state index is 8.99. The Kier molecular flexibility index (Phi) is 1.89. The zero-order valence-electron chi connectivity index (χ0n) is 8.41. The lowest BCUT2D eigenvalue weighted by Crippen LogP contribution is -2.28. The maximum Gasteiger partial charge on any atom is 0.143 e. The number of aliphatic imine (C=N–C) groups is 1. The summed E-state index contributed by atoms with van der Waals surface area (Å²) in [7, 11) is 0. The zero-order chi connectivity index (χ0) is 10.2. The number of benzene rings is 1. The van der Waals surface area contributed by atoms with Crippen LogP contribution in [-0.4, -0.2) is 11.3 Å². The average Bonchev–Trinajstić information content (AvgIpc) is 2.15. The molecule has 2 nitrogen and oxygen atoms in total. The van der Waals surface area contributed by atoms with Crippen LogP contribution in [0.25, 0.3) is 0 Å². The molecular formula is C12H12N2. The molecule has 1 aromatic rings. The molecule has 0 atom stereocenters. The van der Waals surface area contributed by atoms with Gasteiger partial charge in [0, 0.05) is 5.56 Å². The first-order valence-electron chi connectivity index (χ1n) is 4.71. The van der Waals surface area contributed by atoms with Gasteiger partial charge in [-0.3, -0.25) is 4.99 Å². The van der Waals surface area contributed by atoms with Gasteiger partial charge in [0.25, 0.3) is 0 Å². The van der Waals surface area contributed by atoms with Crippen LogP contribution in [0.4, 0.5) is 0 Å². The SMILES string of the molecule is CC1(C)Cc2ccccc2C(C#N)=N1. The summed E-state index contributed by atoms with van der Waals surface area (Å²) in [6.45, 7) is 4.11. The Hall–Kier alpha value is -1.62. The topological polar surface area (TPSA) is 36.1 Å². The van der Waals surface area contributed by atoms with Gasteiger partial charge in [-0.05, 0) is 25.8 Å². The van der Waals surface area contributed by atoms with Gasteiger partial charge in [-0.2, -0.15) is 5.26 Å². The van der Waals surface area contributed by atoms with E-state index >= 15 is 0 Å². The van der Waals surface area contributed by atoms with E-state index in [0.717, 1.165) is 12.0 Å². The highest BCUT2D eigenvalue weighted by Gasteiger charge is 2.25. The molecule has 0 radical (unpaired) electrons. The summed E-state index contributed by atoms with van der Waals surface area (Å²) in [5.41, 5.74) is 2.65. The van der Waals surface area contributed by atoms with Crippen molar-refractivity contribution in [1.82, 2.24) is 0 Å². The monoisotopic (exact) mass is 184 g/mol. The largest absolute Gasteiger partial charge is 0.267 e. The highest BCUT2D eigenvalue weighted by atomic mass is 14.9. The Morgan fingerprint density at radius 3 is 2.79 bits per heavy atom. The second-order valence-electron chi connectivity index (χ2n) is 4.22. The standard InChI is InChI=1S/C12H12N2/c1-12(2)7-9-5-3-4-6-10(9)11(8-13)14-12/h3-6H,7H2,1-2H3. The van der Waals surface area contributed by atoms with Crippen LogP contribution in [0.1, 0.15) is 25.0 Å². The summed E-state index contributed by atoms with van der Waals surface area (Å²) in [6, 6.07) is 10.2. The van der Waals surface area contributed by atoms with E-state index in [2.05, 4.69) is 31.0 Å². The number of hydrogen-bond donors (Lipinski definition) is 0. The lowest BCUT2D eigenvalue weighted by molar-refractivity contribution is 0.514. The van der Waals surface area contributed by atoms with Gasteiger partial charge in [0.15, 0.2) is 0 Å². The molecule has 0 N–H and O–H groups in total. The van der Waals surface area contributed by atoms with Crippen LogP contribution in [0.5, 0.6) is 0 Å². The summed E-state index contributed by atoms with van der Waals surface area (Å²) >= 11 is 0. The number of hydrogen-bond acceptors (Lipinski definition) is 2. The minimum Gasteiger partial charge on any atom is -0.267 e. The highest BCUT2D eigenvalue weighted by Crippen LogP contribution is 2.26. The van der Waals surface area contributed by atoms with E-state index in [1.54, 1.807) is 0 Å². The van der Waals surface area contributed by atoms with Gasteiger partial charge in [-0.25, -0.2) is 0 Å². The fourth-order valence-corrected chi connectivity index (χ4v) is 1.86. The van der Waals surface area contributed by atoms with Crippen molar-refractivity contribution in [3.63, 3.8) is 0 Å². The minimum atomic E-state index is -0.139. The molecule has 0 fully saturated rings. The van der Waals surface area contributed by atoms with Crippen LogP contribution in [0, 0.1) is 11.3 Å². The van der Waals surface area contributed by atoms with Gasteiger partial charge in [0.1, 0.15) is 11.8 Å². The minimum absolute atomic E-state index is 0.139. The predicted molar refractivity (Wildman–Crippen MR) is 56.4 cm³/mol. The number of rotatable bonds is 0. The zero-order valence-corrected chi connectivity index (χ0v) is 8.41. The van der Waals surface area contributed by atoms with Crippen LogP contribution in [0.2, 0.25) is 0 Å².